The number of allylic oxidation sites excluding steroid dienone is 1. The van der Waals surface area contributed by atoms with Crippen molar-refractivity contribution in [3.8, 4) is 0 Å². The van der Waals surface area contributed by atoms with Crippen molar-refractivity contribution in [1.29, 1.82) is 0 Å². The Hall–Kier alpha value is -1.72. The van der Waals surface area contributed by atoms with E-state index in [9.17, 15) is 0 Å². The summed E-state index contributed by atoms with van der Waals surface area (Å²) in [7, 11) is 0.578. The molecule has 0 N–H and O–H groups in total. The van der Waals surface area contributed by atoms with E-state index in [1.807, 2.05) is 12.3 Å². The van der Waals surface area contributed by atoms with Gasteiger partial charge in [0.2, 0.25) is 0 Å². The predicted molar refractivity (Wildman–Crippen MR) is 91.6 cm³/mol. The quantitative estimate of drug-likeness (QED) is 0.688. The summed E-state index contributed by atoms with van der Waals surface area (Å²) in [5, 5.41) is 2.38. The van der Waals surface area contributed by atoms with Crippen LogP contribution in [0.5, 0.6) is 0 Å². The van der Waals surface area contributed by atoms with Crippen LogP contribution in [0.25, 0.3) is 11.4 Å². The first kappa shape index (κ1) is 14.7. The van der Waals surface area contributed by atoms with Gasteiger partial charge in [-0.3, -0.25) is 4.98 Å². The molecule has 1 aromatic carbocycles. The molecule has 0 amide bonds. The summed E-state index contributed by atoms with van der Waals surface area (Å²) >= 11 is 0. The number of aromatic nitrogens is 1. The number of benzene rings is 1. The SMILES string of the molecule is C=C(Pc1cccnc1)c1ccc(/C=C/CCC)cc1. The molecule has 0 aliphatic heterocycles. The van der Waals surface area contributed by atoms with Gasteiger partial charge < -0.3 is 0 Å². The predicted octanol–water partition coefficient (Wildman–Crippen LogP) is 4.87. The lowest BCUT2D eigenvalue weighted by Gasteiger charge is -2.06. The van der Waals surface area contributed by atoms with Crippen LogP contribution in [0.4, 0.5) is 0 Å². The summed E-state index contributed by atoms with van der Waals surface area (Å²) in [5.41, 5.74) is 2.46. The zero-order valence-corrected chi connectivity index (χ0v) is 12.8. The molecule has 0 saturated carbocycles. The monoisotopic (exact) mass is 281 g/mol. The summed E-state index contributed by atoms with van der Waals surface area (Å²) < 4.78 is 0. The van der Waals surface area contributed by atoms with Gasteiger partial charge in [0.1, 0.15) is 0 Å². The van der Waals surface area contributed by atoms with Gasteiger partial charge in [-0.25, -0.2) is 0 Å². The van der Waals surface area contributed by atoms with Gasteiger partial charge in [0.15, 0.2) is 0 Å². The Bertz CT molecular complexity index is 570. The van der Waals surface area contributed by atoms with Crippen LogP contribution in [0, 0.1) is 0 Å². The zero-order valence-electron chi connectivity index (χ0n) is 11.8. The van der Waals surface area contributed by atoms with Crippen LogP contribution in [0.15, 0.2) is 61.4 Å². The van der Waals surface area contributed by atoms with Crippen LogP contribution in [-0.2, 0) is 0 Å². The van der Waals surface area contributed by atoms with Crippen LogP contribution in [0.2, 0.25) is 0 Å². The zero-order chi connectivity index (χ0) is 14.2. The third-order valence-electron chi connectivity index (χ3n) is 2.98. The average Bonchev–Trinajstić information content (AvgIpc) is 2.49. The Morgan fingerprint density at radius 1 is 1.25 bits per heavy atom. The molecule has 1 heterocycles. The fraction of sp³-hybridized carbons (Fsp3) is 0.167. The highest BCUT2D eigenvalue weighted by atomic mass is 31.1. The van der Waals surface area contributed by atoms with Gasteiger partial charge in [0, 0.05) is 12.4 Å². The third-order valence-corrected chi connectivity index (χ3v) is 4.16. The van der Waals surface area contributed by atoms with E-state index in [-0.39, 0.29) is 0 Å². The standard InChI is InChI=1S/C18H20NP/c1-3-4-5-7-16-9-11-17(12-10-16)15(2)20-18-8-6-13-19-14-18/h5-14,20H,2-4H2,1H3/b7-5+. The summed E-state index contributed by atoms with van der Waals surface area (Å²) in [4.78, 5) is 4.14. The molecule has 2 aromatic rings. The second-order valence-electron chi connectivity index (χ2n) is 4.66. The van der Waals surface area contributed by atoms with E-state index in [4.69, 9.17) is 0 Å². The number of hydrogen-bond acceptors (Lipinski definition) is 1. The van der Waals surface area contributed by atoms with Gasteiger partial charge in [0.25, 0.3) is 0 Å². The van der Waals surface area contributed by atoms with Crippen LogP contribution >= 0.6 is 8.58 Å². The highest BCUT2D eigenvalue weighted by Crippen LogP contribution is 2.30. The Labute approximate surface area is 123 Å². The Morgan fingerprint density at radius 3 is 2.70 bits per heavy atom. The van der Waals surface area contributed by atoms with Gasteiger partial charge in [-0.1, -0.05) is 71.0 Å². The third kappa shape index (κ3) is 4.43. The maximum absolute atomic E-state index is 4.19. The molecule has 0 bridgehead atoms. The highest BCUT2D eigenvalue weighted by molar-refractivity contribution is 7.58. The summed E-state index contributed by atoms with van der Waals surface area (Å²) in [5.74, 6) is 0. The van der Waals surface area contributed by atoms with E-state index in [0.29, 0.717) is 8.58 Å². The summed E-state index contributed by atoms with van der Waals surface area (Å²) in [6.07, 6.45) is 10.4. The van der Waals surface area contributed by atoms with Crippen molar-refractivity contribution in [2.75, 3.05) is 0 Å². The normalized spacial score (nSPS) is 11.4. The largest absolute Gasteiger partial charge is 0.264 e. The van der Waals surface area contributed by atoms with Gasteiger partial charge in [-0.05, 0) is 34.2 Å². The molecule has 0 fully saturated rings. The van der Waals surface area contributed by atoms with Gasteiger partial charge in [-0.15, -0.1) is 0 Å². The highest BCUT2D eigenvalue weighted by Gasteiger charge is 2.00. The average molecular weight is 281 g/mol. The van der Waals surface area contributed by atoms with Crippen LogP contribution < -0.4 is 5.30 Å². The van der Waals surface area contributed by atoms with E-state index in [2.05, 4.69) is 61.0 Å². The number of pyridine rings is 1. The molecule has 2 rings (SSSR count). The minimum absolute atomic E-state index is 0.578. The molecule has 0 radical (unpaired) electrons. The first-order chi connectivity index (χ1) is 9.79. The Morgan fingerprint density at radius 2 is 2.05 bits per heavy atom. The van der Waals surface area contributed by atoms with Crippen molar-refractivity contribution in [3.63, 3.8) is 0 Å². The second-order valence-corrected chi connectivity index (χ2v) is 6.09. The molecule has 0 aliphatic carbocycles. The first-order valence-electron chi connectivity index (χ1n) is 6.92. The maximum atomic E-state index is 4.19. The van der Waals surface area contributed by atoms with Gasteiger partial charge >= 0.3 is 0 Å². The molecule has 0 spiro atoms. The smallest absolute Gasteiger partial charge is 0.0345 e. The molecule has 2 heteroatoms. The molecular weight excluding hydrogens is 261 g/mol. The number of hydrogen-bond donors (Lipinski definition) is 0. The lowest BCUT2D eigenvalue weighted by atomic mass is 10.1. The molecule has 1 unspecified atom stereocenters. The Kier molecular flexibility index (Phi) is 5.70. The molecule has 1 nitrogen and oxygen atoms in total. The van der Waals surface area contributed by atoms with E-state index in [1.165, 1.54) is 22.9 Å². The van der Waals surface area contributed by atoms with Crippen molar-refractivity contribution < 1.29 is 0 Å². The van der Waals surface area contributed by atoms with E-state index in [1.54, 1.807) is 6.20 Å². The van der Waals surface area contributed by atoms with Gasteiger partial charge in [0.05, 0.1) is 0 Å². The number of nitrogens with zero attached hydrogens (tertiary/aromatic N) is 1. The van der Waals surface area contributed by atoms with Crippen molar-refractivity contribution in [2.24, 2.45) is 0 Å². The molecular formula is C18H20NP. The first-order valence-corrected chi connectivity index (χ1v) is 7.92. The van der Waals surface area contributed by atoms with Gasteiger partial charge in [-0.2, -0.15) is 0 Å². The topological polar surface area (TPSA) is 12.9 Å². The minimum atomic E-state index is 0.578. The molecule has 1 aromatic heterocycles. The Balaban J connectivity index is 2.00. The van der Waals surface area contributed by atoms with E-state index in [0.717, 1.165) is 11.7 Å². The number of unbranched alkanes of at least 4 members (excludes halogenated alkanes) is 1. The van der Waals surface area contributed by atoms with E-state index >= 15 is 0 Å². The molecule has 0 saturated heterocycles. The molecule has 20 heavy (non-hydrogen) atoms. The minimum Gasteiger partial charge on any atom is -0.264 e. The fourth-order valence-electron chi connectivity index (χ4n) is 1.86. The maximum Gasteiger partial charge on any atom is 0.0345 e. The van der Waals surface area contributed by atoms with Crippen molar-refractivity contribution >= 4 is 25.3 Å². The lowest BCUT2D eigenvalue weighted by molar-refractivity contribution is 0.962. The van der Waals surface area contributed by atoms with E-state index < -0.39 is 0 Å². The van der Waals surface area contributed by atoms with Crippen LogP contribution in [-0.4, -0.2) is 4.98 Å². The number of rotatable bonds is 6. The van der Waals surface area contributed by atoms with Crippen molar-refractivity contribution in [1.82, 2.24) is 4.98 Å². The fourth-order valence-corrected chi connectivity index (χ4v) is 2.84. The second kappa shape index (κ2) is 7.77. The summed E-state index contributed by atoms with van der Waals surface area (Å²) in [6.45, 7) is 6.38. The molecule has 1 atom stereocenters. The summed E-state index contributed by atoms with van der Waals surface area (Å²) in [6, 6.07) is 12.7. The van der Waals surface area contributed by atoms with Crippen molar-refractivity contribution in [3.05, 3.63) is 72.6 Å². The molecule has 0 aliphatic rings. The van der Waals surface area contributed by atoms with Crippen LogP contribution in [0.1, 0.15) is 30.9 Å². The van der Waals surface area contributed by atoms with Crippen LogP contribution in [0.3, 0.4) is 0 Å². The lowest BCUT2D eigenvalue weighted by Crippen LogP contribution is -1.94. The van der Waals surface area contributed by atoms with Crippen molar-refractivity contribution in [2.45, 2.75) is 19.8 Å². The molecule has 102 valence electrons.